The van der Waals surface area contributed by atoms with Gasteiger partial charge in [0.05, 0.1) is 13.7 Å². The van der Waals surface area contributed by atoms with Crippen molar-refractivity contribution in [1.29, 1.82) is 0 Å². The van der Waals surface area contributed by atoms with Gasteiger partial charge in [0.2, 0.25) is 0 Å². The number of aliphatic imine (C=N–C) groups is 1. The Kier molecular flexibility index (Phi) is 9.28. The number of methoxy groups -OCH3 is 1. The number of aliphatic hydroxyl groups excluding tert-OH is 1. The average molecular weight is 472 g/mol. The van der Waals surface area contributed by atoms with Crippen LogP contribution in [0.15, 0.2) is 34.8 Å². The van der Waals surface area contributed by atoms with Gasteiger partial charge in [-0.15, -0.1) is 0 Å². The van der Waals surface area contributed by atoms with Crippen molar-refractivity contribution in [3.05, 3.63) is 35.4 Å². The van der Waals surface area contributed by atoms with Crippen LogP contribution in [0.25, 0.3) is 0 Å². The van der Waals surface area contributed by atoms with Crippen LogP contribution in [-0.4, -0.2) is 54.5 Å². The van der Waals surface area contributed by atoms with E-state index in [2.05, 4.69) is 18.0 Å². The number of phenolic OH excluding ortho intramolecular Hbond substituents is 1. The lowest BCUT2D eigenvalue weighted by Gasteiger charge is -2.44. The first-order chi connectivity index (χ1) is 16.4. The molecule has 2 N–H and O–H groups in total. The van der Waals surface area contributed by atoms with E-state index in [0.29, 0.717) is 31.1 Å². The Morgan fingerprint density at radius 3 is 2.68 bits per heavy atom. The normalized spacial score (nSPS) is 25.0. The zero-order valence-corrected chi connectivity index (χ0v) is 20.4. The Bertz CT molecular complexity index is 924. The first kappa shape index (κ1) is 25.9. The summed E-state index contributed by atoms with van der Waals surface area (Å²) in [6.45, 7) is 4.22. The van der Waals surface area contributed by atoms with Gasteiger partial charge in [-0.25, -0.2) is 0 Å². The van der Waals surface area contributed by atoms with E-state index in [-0.39, 0.29) is 42.3 Å². The molecule has 1 heterocycles. The van der Waals surface area contributed by atoms with E-state index in [1.54, 1.807) is 18.2 Å². The number of rotatable bonds is 11. The number of ether oxygens (including phenoxy) is 2. The van der Waals surface area contributed by atoms with E-state index >= 15 is 0 Å². The van der Waals surface area contributed by atoms with Gasteiger partial charge in [0, 0.05) is 38.5 Å². The lowest BCUT2D eigenvalue weighted by Crippen LogP contribution is -2.43. The molecule has 1 saturated carbocycles. The van der Waals surface area contributed by atoms with Crippen LogP contribution in [0.4, 0.5) is 0 Å². The third-order valence-corrected chi connectivity index (χ3v) is 7.24. The van der Waals surface area contributed by atoms with Crippen molar-refractivity contribution in [2.75, 3.05) is 20.3 Å². The number of hydrogen-bond acceptors (Lipinski definition) is 7. The van der Waals surface area contributed by atoms with Gasteiger partial charge in [-0.3, -0.25) is 14.6 Å². The van der Waals surface area contributed by atoms with Gasteiger partial charge in [0.25, 0.3) is 0 Å². The van der Waals surface area contributed by atoms with Crippen LogP contribution < -0.4 is 4.74 Å². The van der Waals surface area contributed by atoms with Gasteiger partial charge in [0.1, 0.15) is 11.9 Å². The first-order valence-corrected chi connectivity index (χ1v) is 12.2. The molecule has 1 aliphatic heterocycles. The van der Waals surface area contributed by atoms with Crippen LogP contribution in [0.1, 0.15) is 51.5 Å². The number of benzene rings is 1. The summed E-state index contributed by atoms with van der Waals surface area (Å²) in [5.74, 6) is 0.487. The molecule has 0 radical (unpaired) electrons. The minimum Gasteiger partial charge on any atom is -0.504 e. The zero-order valence-electron chi connectivity index (χ0n) is 20.4. The first-order valence-electron chi connectivity index (χ1n) is 12.2. The van der Waals surface area contributed by atoms with E-state index < -0.39 is 12.1 Å². The average Bonchev–Trinajstić information content (AvgIpc) is 3.36. The molecule has 34 heavy (non-hydrogen) atoms. The van der Waals surface area contributed by atoms with Crippen molar-refractivity contribution < 1.29 is 29.3 Å². The van der Waals surface area contributed by atoms with Crippen molar-refractivity contribution >= 4 is 18.0 Å². The monoisotopic (exact) mass is 471 g/mol. The van der Waals surface area contributed by atoms with Crippen LogP contribution in [0.2, 0.25) is 0 Å². The van der Waals surface area contributed by atoms with Crippen LogP contribution in [0.3, 0.4) is 0 Å². The van der Waals surface area contributed by atoms with Gasteiger partial charge >= 0.3 is 5.97 Å². The summed E-state index contributed by atoms with van der Waals surface area (Å²) in [5, 5.41) is 20.0. The smallest absolute Gasteiger partial charge is 0.302 e. The third kappa shape index (κ3) is 6.47. The van der Waals surface area contributed by atoms with Gasteiger partial charge in [-0.1, -0.05) is 25.5 Å². The van der Waals surface area contributed by atoms with E-state index in [9.17, 15) is 19.8 Å². The summed E-state index contributed by atoms with van der Waals surface area (Å²) in [4.78, 5) is 29.4. The maximum absolute atomic E-state index is 13.0. The maximum atomic E-state index is 13.0. The summed E-state index contributed by atoms with van der Waals surface area (Å²) >= 11 is 0. The molecular weight excluding hydrogens is 434 g/mol. The minimum atomic E-state index is -0.539. The lowest BCUT2D eigenvalue weighted by molar-refractivity contribution is -0.154. The summed E-state index contributed by atoms with van der Waals surface area (Å²) < 4.78 is 10.9. The van der Waals surface area contributed by atoms with Gasteiger partial charge < -0.3 is 19.7 Å². The SMILES string of the molecule is CCC1CC(CO)C(C2=CCN=C2)C(C(CC(=O)CCc2ccc(O)c(OC)c2)OC(C)=O)C1. The maximum Gasteiger partial charge on any atom is 0.302 e. The number of carbonyl (C=O) groups excluding carboxylic acids is 2. The number of ketones is 1. The van der Waals surface area contributed by atoms with Gasteiger partial charge in [-0.05, 0) is 60.3 Å². The highest BCUT2D eigenvalue weighted by atomic mass is 16.5. The molecule has 1 fully saturated rings. The number of phenols is 1. The molecule has 0 bridgehead atoms. The van der Waals surface area contributed by atoms with E-state index in [0.717, 1.165) is 30.4 Å². The Morgan fingerprint density at radius 2 is 2.06 bits per heavy atom. The Balaban J connectivity index is 1.77. The summed E-state index contributed by atoms with van der Waals surface area (Å²) in [7, 11) is 1.49. The van der Waals surface area contributed by atoms with Crippen molar-refractivity contribution in [3.63, 3.8) is 0 Å². The lowest BCUT2D eigenvalue weighted by atomic mass is 9.62. The number of Topliss-reactive ketones (excluding diaryl/α,β-unsaturated/α-hetero) is 1. The quantitative estimate of drug-likeness (QED) is 0.474. The molecule has 5 atom stereocenters. The van der Waals surface area contributed by atoms with Crippen LogP contribution in [-0.2, 0) is 20.7 Å². The fourth-order valence-corrected chi connectivity index (χ4v) is 5.55. The number of allylic oxidation sites excluding steroid dienone is 1. The molecule has 2 aliphatic rings. The standard InChI is InChI=1S/C27H37NO6/c1-4-18-11-21(16-29)27(20-9-10-28-15-20)23(12-18)25(34-17(2)30)14-22(31)7-5-19-6-8-24(32)26(13-19)33-3/h6,8-9,13,15,18,21,23,25,27,29,32H,4-5,7,10-12,14,16H2,1-3H3. The van der Waals surface area contributed by atoms with Crippen LogP contribution in [0, 0.1) is 23.7 Å². The molecule has 1 aromatic carbocycles. The van der Waals surface area contributed by atoms with E-state index in [4.69, 9.17) is 9.47 Å². The number of aromatic hydroxyl groups is 1. The Labute approximate surface area is 201 Å². The molecule has 186 valence electrons. The molecule has 0 saturated heterocycles. The second-order valence-electron chi connectivity index (χ2n) is 9.47. The molecule has 7 nitrogen and oxygen atoms in total. The van der Waals surface area contributed by atoms with Crippen molar-refractivity contribution in [3.8, 4) is 11.5 Å². The molecular formula is C27H37NO6. The topological polar surface area (TPSA) is 105 Å². The number of nitrogens with zero attached hydrogens (tertiary/aromatic N) is 1. The number of hydrogen-bond donors (Lipinski definition) is 2. The fraction of sp³-hybridized carbons (Fsp3) is 0.593. The summed E-state index contributed by atoms with van der Waals surface area (Å²) in [6, 6.07) is 5.06. The second-order valence-corrected chi connectivity index (χ2v) is 9.47. The van der Waals surface area contributed by atoms with Crippen LogP contribution >= 0.6 is 0 Å². The number of esters is 1. The molecule has 3 rings (SSSR count). The van der Waals surface area contributed by atoms with Crippen LogP contribution in [0.5, 0.6) is 11.5 Å². The second kappa shape index (κ2) is 12.2. The zero-order chi connectivity index (χ0) is 24.7. The molecule has 1 aliphatic carbocycles. The van der Waals surface area contributed by atoms with Crippen molar-refractivity contribution in [1.82, 2.24) is 0 Å². The highest BCUT2D eigenvalue weighted by Gasteiger charge is 2.44. The predicted octanol–water partition coefficient (Wildman–Crippen LogP) is 3.90. The highest BCUT2D eigenvalue weighted by Crippen LogP contribution is 2.46. The molecule has 0 aromatic heterocycles. The molecule has 1 aromatic rings. The largest absolute Gasteiger partial charge is 0.504 e. The van der Waals surface area contributed by atoms with Gasteiger partial charge in [-0.2, -0.15) is 0 Å². The number of carbonyl (C=O) groups is 2. The molecule has 0 spiro atoms. The van der Waals surface area contributed by atoms with E-state index in [1.807, 2.05) is 6.21 Å². The Morgan fingerprint density at radius 1 is 1.26 bits per heavy atom. The fourth-order valence-electron chi connectivity index (χ4n) is 5.55. The van der Waals surface area contributed by atoms with Crippen molar-refractivity contribution in [2.45, 2.75) is 58.5 Å². The number of aryl methyl sites for hydroxylation is 1. The highest BCUT2D eigenvalue weighted by molar-refractivity contribution is 5.82. The van der Waals surface area contributed by atoms with Crippen molar-refractivity contribution in [2.24, 2.45) is 28.7 Å². The Hall–Kier alpha value is -2.67. The summed E-state index contributed by atoms with van der Waals surface area (Å²) in [5.41, 5.74) is 1.97. The predicted molar refractivity (Wildman–Crippen MR) is 130 cm³/mol. The number of aliphatic hydroxyl groups is 1. The molecule has 5 unspecified atom stereocenters. The van der Waals surface area contributed by atoms with E-state index in [1.165, 1.54) is 14.0 Å². The molecule has 7 heteroatoms. The molecule has 0 amide bonds. The summed E-state index contributed by atoms with van der Waals surface area (Å²) in [6.07, 6.45) is 7.12. The minimum absolute atomic E-state index is 0.0116. The third-order valence-electron chi connectivity index (χ3n) is 7.24. The van der Waals surface area contributed by atoms with Gasteiger partial charge in [0.15, 0.2) is 11.5 Å².